The second-order valence-corrected chi connectivity index (χ2v) is 24.2. The van der Waals surface area contributed by atoms with Crippen LogP contribution in [0.2, 0.25) is 0 Å². The highest BCUT2D eigenvalue weighted by Crippen LogP contribution is 2.41. The van der Waals surface area contributed by atoms with Crippen LogP contribution in [0.5, 0.6) is 0 Å². The highest BCUT2D eigenvalue weighted by Gasteiger charge is 2.21. The molecule has 7 aromatic rings. The third-order valence-corrected chi connectivity index (χ3v) is 17.7. The molecule has 5 heterocycles. The van der Waals surface area contributed by atoms with Crippen molar-refractivity contribution in [3.8, 4) is 44.5 Å². The Morgan fingerprint density at radius 2 is 0.488 bits per heavy atom. The lowest BCUT2D eigenvalue weighted by molar-refractivity contribution is 0.608. The molecule has 442 valence electrons. The van der Waals surface area contributed by atoms with Gasteiger partial charge in [-0.25, -0.2) is 9.97 Å². The molecule has 0 fully saturated rings. The second kappa shape index (κ2) is 31.0. The number of rotatable bonds is 32. The number of nitrogens with two attached hydrogens (primary N) is 4. The van der Waals surface area contributed by atoms with Gasteiger partial charge in [-0.05, 0) is 169 Å². The summed E-state index contributed by atoms with van der Waals surface area (Å²) < 4.78 is 0. The molecule has 0 spiro atoms. The number of unbranched alkanes of at least 4 members (excludes halogenated alkanes) is 20. The molecular weight excluding hydrogens is 1020 g/mol. The molecule has 4 aromatic carbocycles. The van der Waals surface area contributed by atoms with Crippen LogP contribution in [-0.4, -0.2) is 19.9 Å². The van der Waals surface area contributed by atoms with Gasteiger partial charge in [0.15, 0.2) is 0 Å². The van der Waals surface area contributed by atoms with Crippen molar-refractivity contribution in [2.45, 2.75) is 207 Å². The molecule has 8 bridgehead atoms. The summed E-state index contributed by atoms with van der Waals surface area (Å²) in [5.74, 6) is 0. The molecule has 0 atom stereocenters. The van der Waals surface area contributed by atoms with Crippen LogP contribution < -0.4 is 22.9 Å². The highest BCUT2D eigenvalue weighted by molar-refractivity contribution is 6.00. The Kier molecular flexibility index (Phi) is 22.6. The highest BCUT2D eigenvalue weighted by atomic mass is 14.8. The van der Waals surface area contributed by atoms with Crippen molar-refractivity contribution in [2.75, 3.05) is 22.9 Å². The van der Waals surface area contributed by atoms with Crippen LogP contribution in [0.25, 0.3) is 90.9 Å². The molecule has 2 aliphatic heterocycles. The third-order valence-electron chi connectivity index (χ3n) is 17.7. The monoisotopic (exact) mass is 1120 g/mol. The zero-order valence-corrected chi connectivity index (χ0v) is 51.5. The standard InChI is InChI=1S/C76H98N8/c1-5-9-13-17-21-25-29-53-33-37-57(49-61(53)77)73-65-41-43-67(81-65)74(58-38-34-54(62(78)50-58)30-26-22-18-14-10-6-2)69-45-47-71(83-69)76(60-40-36-56(64(80)52-60)32-28-24-20-16-12-8-4)72-48-46-70(84-72)75(68-44-42-66(73)82-68)59-39-35-55(63(79)51-59)31-27-23-19-15-11-7-3/h33-52,81,84H,5-32,77-80H2,1-4H3. The quantitative estimate of drug-likeness (QED) is 0.0182. The molecule has 0 aliphatic carbocycles. The van der Waals surface area contributed by atoms with Crippen LogP contribution in [0.3, 0.4) is 0 Å². The van der Waals surface area contributed by atoms with Crippen molar-refractivity contribution in [1.29, 1.82) is 0 Å². The van der Waals surface area contributed by atoms with E-state index in [9.17, 15) is 0 Å². The lowest BCUT2D eigenvalue weighted by Gasteiger charge is -2.12. The average molecular weight is 1120 g/mol. The van der Waals surface area contributed by atoms with Gasteiger partial charge in [-0.2, -0.15) is 0 Å². The fourth-order valence-corrected chi connectivity index (χ4v) is 12.7. The van der Waals surface area contributed by atoms with Gasteiger partial charge in [-0.15, -0.1) is 0 Å². The molecule has 2 aliphatic rings. The first kappa shape index (κ1) is 61.2. The summed E-state index contributed by atoms with van der Waals surface area (Å²) in [5, 5.41) is 0. The van der Waals surface area contributed by atoms with Crippen LogP contribution >= 0.6 is 0 Å². The van der Waals surface area contributed by atoms with E-state index in [1.54, 1.807) is 0 Å². The number of aromatic amines is 2. The fourth-order valence-electron chi connectivity index (χ4n) is 12.7. The van der Waals surface area contributed by atoms with E-state index in [0.717, 1.165) is 163 Å². The first-order chi connectivity index (χ1) is 41.2. The van der Waals surface area contributed by atoms with Crippen molar-refractivity contribution in [2.24, 2.45) is 0 Å². The number of aromatic nitrogens is 4. The molecule has 8 heteroatoms. The number of nitrogens with zero attached hydrogens (tertiary/aromatic N) is 2. The van der Waals surface area contributed by atoms with Gasteiger partial charge in [0.1, 0.15) is 0 Å². The Morgan fingerprint density at radius 3 is 0.702 bits per heavy atom. The number of hydrogen-bond donors (Lipinski definition) is 6. The first-order valence-corrected chi connectivity index (χ1v) is 32.9. The summed E-state index contributed by atoms with van der Waals surface area (Å²) in [6.07, 6.45) is 42.3. The Labute approximate surface area is 503 Å². The Hall–Kier alpha value is -7.32. The van der Waals surface area contributed by atoms with E-state index >= 15 is 0 Å². The SMILES string of the molecule is CCCCCCCCc1ccc(-c2c3nc(c(-c4ccc(CCCCCCCC)c(N)c4)c4ccc([nH]4)c(-c4ccc(CCCCCCCC)c(N)c4)c4nc(c(-c5ccc(CCCCCCCC)c(N)c5)c5ccc2[nH]5)C=C4)C=C3)cc1N. The number of hydrogen-bond acceptors (Lipinski definition) is 6. The van der Waals surface area contributed by atoms with Gasteiger partial charge in [-0.3, -0.25) is 0 Å². The summed E-state index contributed by atoms with van der Waals surface area (Å²) in [6.45, 7) is 9.09. The number of H-pyrrole nitrogens is 2. The normalized spacial score (nSPS) is 12.0. The summed E-state index contributed by atoms with van der Waals surface area (Å²) in [5.41, 5.74) is 51.2. The number of aryl methyl sites for hydroxylation is 4. The minimum absolute atomic E-state index is 0.806. The molecule has 0 amide bonds. The van der Waals surface area contributed by atoms with Gasteiger partial charge >= 0.3 is 0 Å². The van der Waals surface area contributed by atoms with Crippen LogP contribution in [0.4, 0.5) is 22.7 Å². The van der Waals surface area contributed by atoms with Crippen LogP contribution in [-0.2, 0) is 25.7 Å². The lowest BCUT2D eigenvalue weighted by Crippen LogP contribution is -1.97. The van der Waals surface area contributed by atoms with E-state index in [1.807, 2.05) is 0 Å². The lowest BCUT2D eigenvalue weighted by atomic mass is 9.98. The third kappa shape index (κ3) is 15.7. The van der Waals surface area contributed by atoms with Crippen molar-refractivity contribution in [1.82, 2.24) is 19.9 Å². The molecule has 9 rings (SSSR count). The average Bonchev–Trinajstić information content (AvgIpc) is 2.70. The Bertz CT molecular complexity index is 3080. The molecule has 84 heavy (non-hydrogen) atoms. The van der Waals surface area contributed by atoms with Crippen LogP contribution in [0.15, 0.2) is 97.1 Å². The summed E-state index contributed by atoms with van der Waals surface area (Å²) >= 11 is 0. The molecule has 0 saturated heterocycles. The van der Waals surface area contributed by atoms with Gasteiger partial charge in [0.2, 0.25) is 0 Å². The smallest absolute Gasteiger partial charge is 0.0737 e. The maximum Gasteiger partial charge on any atom is 0.0737 e. The Morgan fingerprint density at radius 1 is 0.274 bits per heavy atom. The van der Waals surface area contributed by atoms with Gasteiger partial charge in [0.05, 0.1) is 22.8 Å². The maximum atomic E-state index is 7.06. The molecule has 0 saturated carbocycles. The van der Waals surface area contributed by atoms with Crippen LogP contribution in [0.1, 0.15) is 227 Å². The predicted octanol–water partition coefficient (Wildman–Crippen LogP) is 21.3. The van der Waals surface area contributed by atoms with E-state index < -0.39 is 0 Å². The van der Waals surface area contributed by atoms with Crippen molar-refractivity contribution in [3.63, 3.8) is 0 Å². The van der Waals surface area contributed by atoms with E-state index in [4.69, 9.17) is 32.9 Å². The van der Waals surface area contributed by atoms with Crippen molar-refractivity contribution >= 4 is 69.1 Å². The number of nitrogens with one attached hydrogen (secondary N) is 2. The number of benzene rings is 4. The summed E-state index contributed by atoms with van der Waals surface area (Å²) in [4.78, 5) is 19.2. The van der Waals surface area contributed by atoms with Gasteiger partial charge in [0, 0.05) is 67.1 Å². The molecule has 8 nitrogen and oxygen atoms in total. The zero-order valence-electron chi connectivity index (χ0n) is 51.5. The molecule has 0 unspecified atom stereocenters. The summed E-state index contributed by atoms with van der Waals surface area (Å²) in [6, 6.07) is 35.3. The van der Waals surface area contributed by atoms with Crippen molar-refractivity contribution < 1.29 is 0 Å². The number of nitrogen functional groups attached to an aromatic ring is 4. The van der Waals surface area contributed by atoms with E-state index in [-0.39, 0.29) is 0 Å². The summed E-state index contributed by atoms with van der Waals surface area (Å²) in [7, 11) is 0. The van der Waals surface area contributed by atoms with Crippen LogP contribution in [0, 0.1) is 0 Å². The minimum atomic E-state index is 0.806. The molecule has 10 N–H and O–H groups in total. The van der Waals surface area contributed by atoms with Gasteiger partial charge < -0.3 is 32.9 Å². The largest absolute Gasteiger partial charge is 0.398 e. The first-order valence-electron chi connectivity index (χ1n) is 32.9. The minimum Gasteiger partial charge on any atom is -0.398 e. The topological polar surface area (TPSA) is 161 Å². The van der Waals surface area contributed by atoms with E-state index in [2.05, 4.69) is 159 Å². The number of fused-ring (bicyclic) bond motifs is 8. The molecule has 3 aromatic heterocycles. The van der Waals surface area contributed by atoms with Gasteiger partial charge in [0.25, 0.3) is 0 Å². The van der Waals surface area contributed by atoms with E-state index in [0.29, 0.717) is 0 Å². The Balaban J connectivity index is 1.25. The maximum absolute atomic E-state index is 7.06. The predicted molar refractivity (Wildman–Crippen MR) is 367 cm³/mol. The van der Waals surface area contributed by atoms with E-state index in [1.165, 1.54) is 151 Å². The fraction of sp³-hybridized carbons (Fsp3) is 0.421. The molecular formula is C76H98N8. The second-order valence-electron chi connectivity index (χ2n) is 24.2. The molecule has 0 radical (unpaired) electrons. The van der Waals surface area contributed by atoms with Gasteiger partial charge in [-0.1, -0.05) is 205 Å². The van der Waals surface area contributed by atoms with Crippen molar-refractivity contribution in [3.05, 3.63) is 142 Å². The number of anilines is 4. The zero-order chi connectivity index (χ0) is 58.6.